The quantitative estimate of drug-likeness (QED) is 0.877. The second-order valence-electron chi connectivity index (χ2n) is 6.48. The summed E-state index contributed by atoms with van der Waals surface area (Å²) in [5, 5.41) is 3.01. The first-order valence-electron chi connectivity index (χ1n) is 8.56. The molecule has 2 atom stereocenters. The zero-order valence-corrected chi connectivity index (χ0v) is 14.2. The molecule has 1 aromatic heterocycles. The first-order chi connectivity index (χ1) is 11.6. The van der Waals surface area contributed by atoms with E-state index in [9.17, 15) is 4.79 Å². The maximum Gasteiger partial charge on any atom is 0.274 e. The van der Waals surface area contributed by atoms with Crippen LogP contribution in [-0.4, -0.2) is 29.6 Å². The molecule has 1 saturated heterocycles. The molecule has 0 spiro atoms. The second kappa shape index (κ2) is 7.62. The van der Waals surface area contributed by atoms with Crippen molar-refractivity contribution in [2.45, 2.75) is 51.7 Å². The Morgan fingerprint density at radius 3 is 2.88 bits per heavy atom. The number of aromatic nitrogens is 1. The minimum atomic E-state index is -0.195. The van der Waals surface area contributed by atoms with Crippen molar-refractivity contribution in [1.29, 1.82) is 0 Å². The first-order valence-corrected chi connectivity index (χ1v) is 8.56. The van der Waals surface area contributed by atoms with Crippen LogP contribution in [0.1, 0.15) is 48.7 Å². The third-order valence-corrected chi connectivity index (χ3v) is 4.42. The molecule has 128 valence electrons. The predicted molar refractivity (Wildman–Crippen MR) is 91.8 cm³/mol. The van der Waals surface area contributed by atoms with Gasteiger partial charge in [0.25, 0.3) is 5.91 Å². The summed E-state index contributed by atoms with van der Waals surface area (Å²) in [6, 6.07) is 7.93. The van der Waals surface area contributed by atoms with E-state index < -0.39 is 0 Å². The Morgan fingerprint density at radius 2 is 2.17 bits per heavy atom. The van der Waals surface area contributed by atoms with E-state index in [0.717, 1.165) is 43.4 Å². The molecule has 3 rings (SSSR count). The topological polar surface area (TPSA) is 64.4 Å². The lowest BCUT2D eigenvalue weighted by Gasteiger charge is -2.16. The lowest BCUT2D eigenvalue weighted by Crippen LogP contribution is -2.33. The van der Waals surface area contributed by atoms with E-state index in [1.807, 2.05) is 38.1 Å². The highest BCUT2D eigenvalue weighted by molar-refractivity contribution is 5.97. The maximum absolute atomic E-state index is 12.5. The lowest BCUT2D eigenvalue weighted by molar-refractivity contribution is 0.0896. The number of hydrogen-bond acceptors (Lipinski definition) is 4. The van der Waals surface area contributed by atoms with Crippen LogP contribution in [0.5, 0.6) is 0 Å². The third kappa shape index (κ3) is 4.03. The van der Waals surface area contributed by atoms with Crippen molar-refractivity contribution in [2.24, 2.45) is 0 Å². The second-order valence-corrected chi connectivity index (χ2v) is 6.48. The zero-order valence-electron chi connectivity index (χ0n) is 14.2. The van der Waals surface area contributed by atoms with Crippen molar-refractivity contribution < 1.29 is 13.9 Å². The minimum absolute atomic E-state index is 0.0734. The molecule has 0 unspecified atom stereocenters. The normalized spacial score (nSPS) is 18.5. The Balaban J connectivity index is 1.60. The van der Waals surface area contributed by atoms with Crippen LogP contribution in [-0.2, 0) is 4.74 Å². The Labute approximate surface area is 142 Å². The number of benzene rings is 1. The molecule has 2 aromatic rings. The summed E-state index contributed by atoms with van der Waals surface area (Å²) < 4.78 is 11.1. The number of hydrogen-bond donors (Lipinski definition) is 1. The van der Waals surface area contributed by atoms with Gasteiger partial charge in [0.05, 0.1) is 6.10 Å². The van der Waals surface area contributed by atoms with Gasteiger partial charge in [0.1, 0.15) is 0 Å². The summed E-state index contributed by atoms with van der Waals surface area (Å²) in [6.07, 6.45) is 5.81. The average Bonchev–Trinajstić information content (AvgIpc) is 3.25. The molecular formula is C19H24N2O3. The van der Waals surface area contributed by atoms with Gasteiger partial charge in [0.2, 0.25) is 0 Å². The zero-order chi connectivity index (χ0) is 16.9. The Hall–Kier alpha value is -2.14. The fourth-order valence-corrected chi connectivity index (χ4v) is 2.99. The van der Waals surface area contributed by atoms with E-state index >= 15 is 0 Å². The van der Waals surface area contributed by atoms with Crippen LogP contribution >= 0.6 is 0 Å². The fraction of sp³-hybridized carbons (Fsp3) is 0.474. The van der Waals surface area contributed by atoms with Crippen molar-refractivity contribution in [3.63, 3.8) is 0 Å². The molecule has 1 aliphatic heterocycles. The summed E-state index contributed by atoms with van der Waals surface area (Å²) in [6.45, 7) is 4.90. The Morgan fingerprint density at radius 1 is 1.38 bits per heavy atom. The van der Waals surface area contributed by atoms with Gasteiger partial charge in [0.15, 0.2) is 17.8 Å². The SMILES string of the molecule is Cc1ccc(-c2ocnc2C(=O)N[C@@H](C)CC[C@@H]2CCCO2)cc1. The number of ether oxygens (including phenoxy) is 1. The van der Waals surface area contributed by atoms with Gasteiger partial charge < -0.3 is 14.5 Å². The summed E-state index contributed by atoms with van der Waals surface area (Å²) in [4.78, 5) is 16.6. The molecule has 0 radical (unpaired) electrons. The average molecular weight is 328 g/mol. The third-order valence-electron chi connectivity index (χ3n) is 4.42. The number of oxazole rings is 1. The molecule has 1 fully saturated rings. The van der Waals surface area contributed by atoms with E-state index in [4.69, 9.17) is 9.15 Å². The van der Waals surface area contributed by atoms with Gasteiger partial charge in [-0.3, -0.25) is 4.79 Å². The molecule has 1 amide bonds. The molecule has 0 saturated carbocycles. The van der Waals surface area contributed by atoms with Crippen LogP contribution in [0.2, 0.25) is 0 Å². The fourth-order valence-electron chi connectivity index (χ4n) is 2.99. The highest BCUT2D eigenvalue weighted by atomic mass is 16.5. The monoisotopic (exact) mass is 328 g/mol. The molecule has 1 aromatic carbocycles. The molecular weight excluding hydrogens is 304 g/mol. The summed E-state index contributed by atoms with van der Waals surface area (Å²) in [5.74, 6) is 0.318. The maximum atomic E-state index is 12.5. The summed E-state index contributed by atoms with van der Waals surface area (Å²) in [5.41, 5.74) is 2.35. The molecule has 1 N–H and O–H groups in total. The number of amides is 1. The molecule has 2 heterocycles. The molecule has 24 heavy (non-hydrogen) atoms. The number of aryl methyl sites for hydroxylation is 1. The van der Waals surface area contributed by atoms with Gasteiger partial charge in [-0.15, -0.1) is 0 Å². The van der Waals surface area contributed by atoms with E-state index in [-0.39, 0.29) is 11.9 Å². The van der Waals surface area contributed by atoms with E-state index in [2.05, 4.69) is 10.3 Å². The van der Waals surface area contributed by atoms with Gasteiger partial charge in [-0.25, -0.2) is 4.98 Å². The van der Waals surface area contributed by atoms with Gasteiger partial charge in [-0.2, -0.15) is 0 Å². The van der Waals surface area contributed by atoms with Gasteiger partial charge in [-0.05, 0) is 39.5 Å². The lowest BCUT2D eigenvalue weighted by atomic mass is 10.1. The summed E-state index contributed by atoms with van der Waals surface area (Å²) >= 11 is 0. The minimum Gasteiger partial charge on any atom is -0.443 e. The van der Waals surface area contributed by atoms with Crippen molar-refractivity contribution in [2.75, 3.05) is 6.61 Å². The van der Waals surface area contributed by atoms with Crippen molar-refractivity contribution in [3.05, 3.63) is 41.9 Å². The number of nitrogens with one attached hydrogen (secondary N) is 1. The van der Waals surface area contributed by atoms with Crippen LogP contribution in [0.4, 0.5) is 0 Å². The molecule has 0 bridgehead atoms. The van der Waals surface area contributed by atoms with Crippen LogP contribution in [0.3, 0.4) is 0 Å². The number of carbonyl (C=O) groups excluding carboxylic acids is 1. The molecule has 5 nitrogen and oxygen atoms in total. The highest BCUT2D eigenvalue weighted by Gasteiger charge is 2.21. The van der Waals surface area contributed by atoms with E-state index in [1.54, 1.807) is 0 Å². The number of rotatable bonds is 6. The van der Waals surface area contributed by atoms with E-state index in [0.29, 0.717) is 17.6 Å². The standard InChI is InChI=1S/C19H24N2O3/c1-13-5-8-15(9-6-13)18-17(20-12-24-18)19(22)21-14(2)7-10-16-4-3-11-23-16/h5-6,8-9,12,14,16H,3-4,7,10-11H2,1-2H3,(H,21,22)/t14-,16-/m0/s1. The van der Waals surface area contributed by atoms with E-state index in [1.165, 1.54) is 6.39 Å². The molecule has 1 aliphatic rings. The Bertz CT molecular complexity index is 672. The molecule has 0 aliphatic carbocycles. The van der Waals surface area contributed by atoms with Gasteiger partial charge in [0, 0.05) is 18.2 Å². The largest absolute Gasteiger partial charge is 0.443 e. The van der Waals surface area contributed by atoms with Gasteiger partial charge >= 0.3 is 0 Å². The smallest absolute Gasteiger partial charge is 0.274 e. The van der Waals surface area contributed by atoms with Crippen LogP contribution in [0.15, 0.2) is 35.1 Å². The summed E-state index contributed by atoms with van der Waals surface area (Å²) in [7, 11) is 0. The highest BCUT2D eigenvalue weighted by Crippen LogP contribution is 2.24. The first kappa shape index (κ1) is 16.7. The number of nitrogens with zero attached hydrogens (tertiary/aromatic N) is 1. The predicted octanol–water partition coefficient (Wildman–Crippen LogP) is 3.73. The molecule has 5 heteroatoms. The van der Waals surface area contributed by atoms with Crippen molar-refractivity contribution >= 4 is 5.91 Å². The van der Waals surface area contributed by atoms with Crippen LogP contribution in [0, 0.1) is 6.92 Å². The van der Waals surface area contributed by atoms with Crippen LogP contribution < -0.4 is 5.32 Å². The van der Waals surface area contributed by atoms with Crippen LogP contribution in [0.25, 0.3) is 11.3 Å². The van der Waals surface area contributed by atoms with Crippen molar-refractivity contribution in [1.82, 2.24) is 10.3 Å². The van der Waals surface area contributed by atoms with Crippen molar-refractivity contribution in [3.8, 4) is 11.3 Å². The van der Waals surface area contributed by atoms with Gasteiger partial charge in [-0.1, -0.05) is 29.8 Å². The Kier molecular flexibility index (Phi) is 5.30. The number of carbonyl (C=O) groups is 1.